The quantitative estimate of drug-likeness (QED) is 0.462. The van der Waals surface area contributed by atoms with Crippen molar-refractivity contribution in [3.63, 3.8) is 0 Å². The fourth-order valence-electron chi connectivity index (χ4n) is 2.26. The fourth-order valence-corrected chi connectivity index (χ4v) is 2.69. The molecule has 0 aliphatic heterocycles. The molecule has 1 nitrogen and oxygen atoms in total. The lowest BCUT2D eigenvalue weighted by molar-refractivity contribution is 0.109. The van der Waals surface area contributed by atoms with Gasteiger partial charge in [-0.1, -0.05) is 57.2 Å². The van der Waals surface area contributed by atoms with Crippen molar-refractivity contribution < 1.29 is 4.79 Å². The molecule has 0 atom stereocenters. The number of hydrogen-bond acceptors (Lipinski definition) is 1. The van der Waals surface area contributed by atoms with Crippen LogP contribution in [0.25, 0.3) is 0 Å². The van der Waals surface area contributed by atoms with Crippen LogP contribution in [0, 0.1) is 6.92 Å². The average Bonchev–Trinajstić information content (AvgIpc) is 2.35. The van der Waals surface area contributed by atoms with Crippen molar-refractivity contribution in [3.8, 4) is 0 Å². The van der Waals surface area contributed by atoms with Gasteiger partial charge in [0.05, 0.1) is 0 Å². The molecule has 0 N–H and O–H groups in total. The highest BCUT2D eigenvalue weighted by Crippen LogP contribution is 2.19. The Bertz CT molecular complexity index is 385. The highest BCUT2D eigenvalue weighted by Gasteiger charge is 2.08. The molecule has 0 radical (unpaired) electrons. The first-order valence-electron chi connectivity index (χ1n) is 6.95. The second-order valence-corrected chi connectivity index (χ2v) is 5.60. The van der Waals surface area contributed by atoms with Crippen molar-refractivity contribution >= 4 is 20.6 Å². The van der Waals surface area contributed by atoms with E-state index in [2.05, 4.69) is 28.9 Å². The fraction of sp³-hybridized carbons (Fsp3) is 0.562. The van der Waals surface area contributed by atoms with E-state index >= 15 is 0 Å². The summed E-state index contributed by atoms with van der Waals surface area (Å²) in [6, 6.07) is 6.01. The highest BCUT2D eigenvalue weighted by molar-refractivity contribution is 9.18. The summed E-state index contributed by atoms with van der Waals surface area (Å²) in [5.41, 5.74) is 3.25. The summed E-state index contributed by atoms with van der Waals surface area (Å²) in [6.45, 7) is 4.28. The van der Waals surface area contributed by atoms with Crippen LogP contribution in [0.3, 0.4) is 0 Å². The second kappa shape index (κ2) is 8.47. The van der Waals surface area contributed by atoms with Crippen LogP contribution in [0.5, 0.6) is 0 Å². The molecule has 0 saturated carbocycles. The van der Waals surface area contributed by atoms with Crippen molar-refractivity contribution in [2.24, 2.45) is 0 Å². The number of benzene rings is 1. The standard InChI is InChI=1S/C16H23BrO/c1-3-4-5-6-7-8-10-14-11-9-12-15(13(14)2)16(17)18/h9,11-12H,3-8,10H2,1-2H3. The summed E-state index contributed by atoms with van der Waals surface area (Å²) in [7, 11) is 0. The summed E-state index contributed by atoms with van der Waals surface area (Å²) in [5.74, 6) is 0. The molecule has 0 amide bonds. The van der Waals surface area contributed by atoms with Gasteiger partial charge in [-0.3, -0.25) is 4.79 Å². The molecule has 0 unspecified atom stereocenters. The molecule has 2 heteroatoms. The van der Waals surface area contributed by atoms with Gasteiger partial charge in [0.25, 0.3) is 0 Å². The third-order valence-corrected chi connectivity index (χ3v) is 3.88. The van der Waals surface area contributed by atoms with Gasteiger partial charge in [-0.05, 0) is 46.8 Å². The number of carbonyl (C=O) groups excluding carboxylic acids is 1. The van der Waals surface area contributed by atoms with Crippen molar-refractivity contribution in [1.82, 2.24) is 0 Å². The van der Waals surface area contributed by atoms with Gasteiger partial charge in [0.15, 0.2) is 0 Å². The van der Waals surface area contributed by atoms with Gasteiger partial charge in [0.1, 0.15) is 0 Å². The monoisotopic (exact) mass is 310 g/mol. The normalized spacial score (nSPS) is 10.6. The van der Waals surface area contributed by atoms with Crippen LogP contribution in [-0.2, 0) is 6.42 Å². The molecule has 0 fully saturated rings. The van der Waals surface area contributed by atoms with Crippen LogP contribution in [0.4, 0.5) is 0 Å². The SMILES string of the molecule is CCCCCCCCc1cccc(C(=O)Br)c1C. The number of hydrogen-bond donors (Lipinski definition) is 0. The Hall–Kier alpha value is -0.630. The summed E-state index contributed by atoms with van der Waals surface area (Å²) in [4.78, 5) is 11.4. The number of rotatable bonds is 8. The van der Waals surface area contributed by atoms with Gasteiger partial charge in [-0.15, -0.1) is 0 Å². The molecule has 0 aliphatic rings. The smallest absolute Gasteiger partial charge is 0.228 e. The molecule has 0 heterocycles. The maximum absolute atomic E-state index is 11.4. The molecule has 1 aromatic carbocycles. The van der Waals surface area contributed by atoms with E-state index in [-0.39, 0.29) is 4.69 Å². The lowest BCUT2D eigenvalue weighted by Gasteiger charge is -2.08. The number of carbonyl (C=O) groups is 1. The third-order valence-electron chi connectivity index (χ3n) is 3.46. The van der Waals surface area contributed by atoms with Gasteiger partial charge in [-0.2, -0.15) is 0 Å². The maximum Gasteiger partial charge on any atom is 0.228 e. The summed E-state index contributed by atoms with van der Waals surface area (Å²) in [6.07, 6.45) is 8.96. The van der Waals surface area contributed by atoms with Crippen molar-refractivity contribution in [3.05, 3.63) is 34.9 Å². The minimum atomic E-state index is -0.00945. The van der Waals surface area contributed by atoms with Crippen LogP contribution in [0.2, 0.25) is 0 Å². The lowest BCUT2D eigenvalue weighted by Crippen LogP contribution is -1.98. The Labute approximate surface area is 119 Å². The Morgan fingerprint density at radius 2 is 1.78 bits per heavy atom. The van der Waals surface area contributed by atoms with Gasteiger partial charge in [0.2, 0.25) is 4.69 Å². The van der Waals surface area contributed by atoms with Crippen LogP contribution in [0.15, 0.2) is 18.2 Å². The Morgan fingerprint density at radius 3 is 2.44 bits per heavy atom. The Kier molecular flexibility index (Phi) is 7.26. The topological polar surface area (TPSA) is 17.1 Å². The van der Waals surface area contributed by atoms with E-state index < -0.39 is 0 Å². The van der Waals surface area contributed by atoms with Crippen LogP contribution in [0.1, 0.15) is 66.9 Å². The van der Waals surface area contributed by atoms with Gasteiger partial charge < -0.3 is 0 Å². The zero-order chi connectivity index (χ0) is 13.4. The molecule has 0 saturated heterocycles. The van der Waals surface area contributed by atoms with E-state index in [0.29, 0.717) is 0 Å². The molecule has 0 spiro atoms. The third kappa shape index (κ3) is 4.93. The van der Waals surface area contributed by atoms with Gasteiger partial charge in [-0.25, -0.2) is 0 Å². The largest absolute Gasteiger partial charge is 0.281 e. The predicted octanol–water partition coefficient (Wildman–Crippen LogP) is 5.43. The number of halogens is 1. The zero-order valence-corrected chi connectivity index (χ0v) is 13.1. The first kappa shape index (κ1) is 15.4. The van der Waals surface area contributed by atoms with E-state index in [0.717, 1.165) is 17.5 Å². The van der Waals surface area contributed by atoms with Crippen molar-refractivity contribution in [1.29, 1.82) is 0 Å². The van der Waals surface area contributed by atoms with E-state index in [4.69, 9.17) is 0 Å². The minimum Gasteiger partial charge on any atom is -0.281 e. The molecular formula is C16H23BrO. The number of unbranched alkanes of at least 4 members (excludes halogenated alkanes) is 5. The summed E-state index contributed by atoms with van der Waals surface area (Å²) >= 11 is 3.04. The first-order valence-corrected chi connectivity index (χ1v) is 7.74. The lowest BCUT2D eigenvalue weighted by atomic mass is 9.98. The van der Waals surface area contributed by atoms with E-state index in [1.807, 2.05) is 19.1 Å². The first-order chi connectivity index (χ1) is 8.66. The van der Waals surface area contributed by atoms with E-state index in [9.17, 15) is 4.79 Å². The van der Waals surface area contributed by atoms with Crippen molar-refractivity contribution in [2.75, 3.05) is 0 Å². The molecule has 100 valence electrons. The summed E-state index contributed by atoms with van der Waals surface area (Å²) in [5, 5.41) is 0. The molecule has 1 rings (SSSR count). The van der Waals surface area contributed by atoms with E-state index in [1.54, 1.807) is 0 Å². The molecule has 0 aromatic heterocycles. The number of aryl methyl sites for hydroxylation is 1. The highest BCUT2D eigenvalue weighted by atomic mass is 79.9. The summed E-state index contributed by atoms with van der Waals surface area (Å²) < 4.78 is -0.00945. The van der Waals surface area contributed by atoms with Crippen LogP contribution < -0.4 is 0 Å². The van der Waals surface area contributed by atoms with Crippen LogP contribution >= 0.6 is 15.9 Å². The van der Waals surface area contributed by atoms with Gasteiger partial charge >= 0.3 is 0 Å². The molecule has 0 bridgehead atoms. The zero-order valence-electron chi connectivity index (χ0n) is 11.5. The molecular weight excluding hydrogens is 288 g/mol. The molecule has 0 aliphatic carbocycles. The van der Waals surface area contributed by atoms with Crippen LogP contribution in [-0.4, -0.2) is 4.69 Å². The minimum absolute atomic E-state index is 0.00945. The Balaban J connectivity index is 2.43. The van der Waals surface area contributed by atoms with Crippen molar-refractivity contribution in [2.45, 2.75) is 58.8 Å². The molecule has 18 heavy (non-hydrogen) atoms. The Morgan fingerprint density at radius 1 is 1.11 bits per heavy atom. The second-order valence-electron chi connectivity index (χ2n) is 4.88. The predicted molar refractivity (Wildman–Crippen MR) is 81.5 cm³/mol. The average molecular weight is 311 g/mol. The maximum atomic E-state index is 11.4. The molecule has 1 aromatic rings. The van der Waals surface area contributed by atoms with E-state index in [1.165, 1.54) is 44.1 Å². The van der Waals surface area contributed by atoms with Gasteiger partial charge in [0, 0.05) is 5.56 Å².